The van der Waals surface area contributed by atoms with Crippen LogP contribution in [-0.4, -0.2) is 9.97 Å². The van der Waals surface area contributed by atoms with Gasteiger partial charge in [0.25, 0.3) is 0 Å². The van der Waals surface area contributed by atoms with E-state index in [-0.39, 0.29) is 0 Å². The Balaban J connectivity index is 1.93. The zero-order chi connectivity index (χ0) is 10.3. The minimum atomic E-state index is 0.579. The van der Waals surface area contributed by atoms with Gasteiger partial charge in [-0.2, -0.15) is 0 Å². The Morgan fingerprint density at radius 3 is 2.47 bits per heavy atom. The Morgan fingerprint density at radius 2 is 1.93 bits per heavy atom. The first kappa shape index (κ1) is 9.09. The van der Waals surface area contributed by atoms with Gasteiger partial charge >= 0.3 is 0 Å². The fourth-order valence-electron chi connectivity index (χ4n) is 2.00. The van der Waals surface area contributed by atoms with E-state index in [1.807, 2.05) is 6.07 Å². The number of nitrogens with one attached hydrogen (secondary N) is 1. The summed E-state index contributed by atoms with van der Waals surface area (Å²) in [6.45, 7) is 0. The summed E-state index contributed by atoms with van der Waals surface area (Å²) < 4.78 is 0. The molecule has 3 rings (SSSR count). The molecule has 2 fully saturated rings. The topological polar surface area (TPSA) is 63.8 Å². The lowest BCUT2D eigenvalue weighted by Gasteiger charge is -2.24. The van der Waals surface area contributed by atoms with Gasteiger partial charge in [0.15, 0.2) is 0 Å². The van der Waals surface area contributed by atoms with Gasteiger partial charge in [0, 0.05) is 23.6 Å². The second-order valence-corrected chi connectivity index (χ2v) is 4.58. The Bertz CT molecular complexity index is 369. The Labute approximate surface area is 89.3 Å². The minimum Gasteiger partial charge on any atom is -0.308 e. The number of rotatable bonds is 3. The van der Waals surface area contributed by atoms with E-state index in [0.717, 1.165) is 11.6 Å². The maximum atomic E-state index is 5.43. The Hall–Kier alpha value is -1.16. The summed E-state index contributed by atoms with van der Waals surface area (Å²) in [6, 6.07) is 1.99. The second-order valence-electron chi connectivity index (χ2n) is 4.58. The molecule has 0 aromatic carbocycles. The van der Waals surface area contributed by atoms with Gasteiger partial charge in [-0.15, -0.1) is 0 Å². The molecule has 4 heteroatoms. The zero-order valence-corrected chi connectivity index (χ0v) is 8.74. The molecule has 2 aliphatic carbocycles. The molecule has 1 aromatic heterocycles. The summed E-state index contributed by atoms with van der Waals surface area (Å²) in [5.74, 6) is 8.44. The molecule has 0 bridgehead atoms. The van der Waals surface area contributed by atoms with Crippen molar-refractivity contribution in [3.05, 3.63) is 17.6 Å². The van der Waals surface area contributed by atoms with Crippen molar-refractivity contribution in [3.63, 3.8) is 0 Å². The third-order valence-corrected chi connectivity index (χ3v) is 3.38. The number of hydrogen-bond donors (Lipinski definition) is 2. The van der Waals surface area contributed by atoms with E-state index in [1.54, 1.807) is 0 Å². The largest absolute Gasteiger partial charge is 0.308 e. The van der Waals surface area contributed by atoms with Gasteiger partial charge in [0.05, 0.1) is 0 Å². The predicted octanol–water partition coefficient (Wildman–Crippen LogP) is 1.91. The summed E-state index contributed by atoms with van der Waals surface area (Å²) in [4.78, 5) is 9.10. The summed E-state index contributed by atoms with van der Waals surface area (Å²) in [7, 11) is 0. The molecule has 0 amide bonds. The van der Waals surface area contributed by atoms with Crippen LogP contribution in [0.5, 0.6) is 0 Å². The number of aromatic nitrogens is 2. The third-order valence-electron chi connectivity index (χ3n) is 3.38. The molecule has 0 atom stereocenters. The maximum absolute atomic E-state index is 5.43. The molecule has 0 spiro atoms. The number of nitrogens with two attached hydrogens (primary N) is 1. The number of nitrogens with zero attached hydrogens (tertiary/aromatic N) is 2. The molecule has 0 unspecified atom stereocenters. The fraction of sp³-hybridized carbons (Fsp3) is 0.636. The monoisotopic (exact) mass is 204 g/mol. The summed E-state index contributed by atoms with van der Waals surface area (Å²) >= 11 is 0. The smallest absolute Gasteiger partial charge is 0.143 e. The SMILES string of the molecule is NNc1cc(C2CC2)nc(C2CCC2)n1. The van der Waals surface area contributed by atoms with Crippen LogP contribution in [0, 0.1) is 0 Å². The van der Waals surface area contributed by atoms with Gasteiger partial charge in [-0.05, 0) is 25.7 Å². The molecule has 0 saturated heterocycles. The number of hydrogen-bond acceptors (Lipinski definition) is 4. The van der Waals surface area contributed by atoms with Crippen LogP contribution in [0.4, 0.5) is 5.82 Å². The van der Waals surface area contributed by atoms with Gasteiger partial charge in [-0.1, -0.05) is 6.42 Å². The second kappa shape index (κ2) is 3.45. The first-order chi connectivity index (χ1) is 7.36. The van der Waals surface area contributed by atoms with E-state index in [2.05, 4.69) is 15.4 Å². The lowest BCUT2D eigenvalue weighted by molar-refractivity contribution is 0.400. The number of hydrazine groups is 1. The quantitative estimate of drug-likeness (QED) is 0.583. The molecule has 2 aliphatic rings. The molecule has 4 nitrogen and oxygen atoms in total. The molecule has 3 N–H and O–H groups in total. The van der Waals surface area contributed by atoms with Gasteiger partial charge < -0.3 is 5.43 Å². The highest BCUT2D eigenvalue weighted by molar-refractivity contribution is 5.37. The molecule has 1 aromatic rings. The van der Waals surface area contributed by atoms with Gasteiger partial charge in [-0.25, -0.2) is 15.8 Å². The van der Waals surface area contributed by atoms with E-state index in [0.29, 0.717) is 11.8 Å². The summed E-state index contributed by atoms with van der Waals surface area (Å²) in [5.41, 5.74) is 3.82. The number of anilines is 1. The molecular weight excluding hydrogens is 188 g/mol. The van der Waals surface area contributed by atoms with Crippen molar-refractivity contribution in [2.75, 3.05) is 5.43 Å². The van der Waals surface area contributed by atoms with Crippen LogP contribution in [0.15, 0.2) is 6.07 Å². The lowest BCUT2D eigenvalue weighted by Crippen LogP contribution is -2.17. The van der Waals surface area contributed by atoms with Crippen molar-refractivity contribution < 1.29 is 0 Å². The summed E-state index contributed by atoms with van der Waals surface area (Å²) in [6.07, 6.45) is 6.32. The van der Waals surface area contributed by atoms with Crippen LogP contribution in [0.2, 0.25) is 0 Å². The molecular formula is C11H16N4. The van der Waals surface area contributed by atoms with E-state index in [9.17, 15) is 0 Å². The van der Waals surface area contributed by atoms with Crippen LogP contribution < -0.4 is 11.3 Å². The summed E-state index contributed by atoms with van der Waals surface area (Å²) in [5, 5.41) is 0. The molecule has 0 aliphatic heterocycles. The Kier molecular flexibility index (Phi) is 2.09. The van der Waals surface area contributed by atoms with E-state index in [1.165, 1.54) is 37.8 Å². The molecule has 1 heterocycles. The van der Waals surface area contributed by atoms with E-state index in [4.69, 9.17) is 5.84 Å². The normalized spacial score (nSPS) is 21.1. The highest BCUT2D eigenvalue weighted by Crippen LogP contribution is 2.41. The fourth-order valence-corrected chi connectivity index (χ4v) is 2.00. The van der Waals surface area contributed by atoms with Gasteiger partial charge in [0.1, 0.15) is 11.6 Å². The van der Waals surface area contributed by atoms with Crippen LogP contribution >= 0.6 is 0 Å². The van der Waals surface area contributed by atoms with Crippen molar-refractivity contribution in [2.24, 2.45) is 5.84 Å². The predicted molar refractivity (Wildman–Crippen MR) is 58.4 cm³/mol. The zero-order valence-electron chi connectivity index (χ0n) is 8.74. The first-order valence-electron chi connectivity index (χ1n) is 5.72. The lowest BCUT2D eigenvalue weighted by atomic mass is 9.85. The highest BCUT2D eigenvalue weighted by Gasteiger charge is 2.28. The maximum Gasteiger partial charge on any atom is 0.143 e. The number of nitrogen functional groups attached to an aromatic ring is 1. The minimum absolute atomic E-state index is 0.579. The van der Waals surface area contributed by atoms with Crippen LogP contribution in [-0.2, 0) is 0 Å². The first-order valence-corrected chi connectivity index (χ1v) is 5.72. The van der Waals surface area contributed by atoms with E-state index < -0.39 is 0 Å². The van der Waals surface area contributed by atoms with Crippen molar-refractivity contribution in [1.29, 1.82) is 0 Å². The van der Waals surface area contributed by atoms with Crippen LogP contribution in [0.3, 0.4) is 0 Å². The molecule has 15 heavy (non-hydrogen) atoms. The van der Waals surface area contributed by atoms with Crippen molar-refractivity contribution in [1.82, 2.24) is 9.97 Å². The van der Waals surface area contributed by atoms with Crippen molar-refractivity contribution in [3.8, 4) is 0 Å². The van der Waals surface area contributed by atoms with Crippen LogP contribution in [0.25, 0.3) is 0 Å². The standard InChI is InChI=1S/C11H16N4/c12-15-10-6-9(7-4-5-7)13-11(14-10)8-2-1-3-8/h6-8H,1-5,12H2,(H,13,14,15). The molecule has 0 radical (unpaired) electrons. The van der Waals surface area contributed by atoms with Crippen molar-refractivity contribution in [2.45, 2.75) is 43.9 Å². The van der Waals surface area contributed by atoms with Crippen LogP contribution in [0.1, 0.15) is 55.5 Å². The van der Waals surface area contributed by atoms with E-state index >= 15 is 0 Å². The molecule has 80 valence electrons. The third kappa shape index (κ3) is 1.69. The highest BCUT2D eigenvalue weighted by atomic mass is 15.3. The molecule has 2 saturated carbocycles. The average molecular weight is 204 g/mol. The van der Waals surface area contributed by atoms with Gasteiger partial charge in [-0.3, -0.25) is 0 Å². The average Bonchev–Trinajstić information content (AvgIpc) is 2.97. The van der Waals surface area contributed by atoms with Gasteiger partial charge in [0.2, 0.25) is 0 Å². The van der Waals surface area contributed by atoms with Crippen molar-refractivity contribution >= 4 is 5.82 Å². The Morgan fingerprint density at radius 1 is 1.13 bits per heavy atom.